The molecule has 3 N–H and O–H groups in total. The van der Waals surface area contributed by atoms with E-state index in [9.17, 15) is 9.18 Å². The molecule has 0 unspecified atom stereocenters. The second-order valence-corrected chi connectivity index (χ2v) is 9.56. The third-order valence-corrected chi connectivity index (χ3v) is 6.72. The summed E-state index contributed by atoms with van der Waals surface area (Å²) in [5.74, 6) is 0.813. The van der Waals surface area contributed by atoms with Crippen LogP contribution in [0.3, 0.4) is 0 Å². The molecular weight excluding hydrogens is 489 g/mol. The van der Waals surface area contributed by atoms with E-state index in [2.05, 4.69) is 41.1 Å². The summed E-state index contributed by atoms with van der Waals surface area (Å²) in [5, 5.41) is 18.8. The molecule has 12 nitrogen and oxygen atoms in total. The maximum Gasteiger partial charge on any atom is 0.238 e. The van der Waals surface area contributed by atoms with Crippen molar-refractivity contribution in [3.05, 3.63) is 36.5 Å². The summed E-state index contributed by atoms with van der Waals surface area (Å²) >= 11 is 0. The molecular formula is C25H32FN11O. The fourth-order valence-electron chi connectivity index (χ4n) is 4.81. The lowest BCUT2D eigenvalue weighted by Gasteiger charge is -2.27. The fraction of sp³-hybridized carbons (Fsp3) is 0.440. The molecule has 5 rings (SSSR count). The van der Waals surface area contributed by atoms with Crippen molar-refractivity contribution >= 4 is 45.8 Å². The van der Waals surface area contributed by atoms with Gasteiger partial charge in [0.05, 0.1) is 47.1 Å². The van der Waals surface area contributed by atoms with Crippen molar-refractivity contribution in [3.63, 3.8) is 0 Å². The quantitative estimate of drug-likeness (QED) is 0.287. The van der Waals surface area contributed by atoms with Crippen molar-refractivity contribution in [2.45, 2.75) is 38.6 Å². The van der Waals surface area contributed by atoms with E-state index in [1.807, 2.05) is 38.2 Å². The first-order valence-electron chi connectivity index (χ1n) is 12.7. The van der Waals surface area contributed by atoms with Gasteiger partial charge in [0.15, 0.2) is 11.5 Å². The minimum absolute atomic E-state index is 0.156. The molecule has 38 heavy (non-hydrogen) atoms. The number of nitrogens with one attached hydrogen (secondary N) is 3. The zero-order valence-electron chi connectivity index (χ0n) is 21.8. The number of hydrogen-bond acceptors (Lipinski definition) is 9. The van der Waals surface area contributed by atoms with Gasteiger partial charge in [-0.15, -0.1) is 0 Å². The van der Waals surface area contributed by atoms with Gasteiger partial charge in [-0.2, -0.15) is 15.2 Å². The van der Waals surface area contributed by atoms with Gasteiger partial charge in [-0.25, -0.2) is 14.1 Å². The van der Waals surface area contributed by atoms with Gasteiger partial charge in [-0.1, -0.05) is 12.8 Å². The van der Waals surface area contributed by atoms with Gasteiger partial charge in [-0.3, -0.25) is 19.4 Å². The molecule has 4 heterocycles. The highest BCUT2D eigenvalue weighted by molar-refractivity contribution is 5.93. The van der Waals surface area contributed by atoms with Crippen LogP contribution < -0.4 is 16.0 Å². The minimum atomic E-state index is -0.466. The molecule has 0 bridgehead atoms. The zero-order chi connectivity index (χ0) is 26.6. The van der Waals surface area contributed by atoms with Gasteiger partial charge in [0.1, 0.15) is 6.67 Å². The normalized spacial score (nSPS) is 13.9. The van der Waals surface area contributed by atoms with Crippen molar-refractivity contribution in [1.82, 2.24) is 39.4 Å². The smallest absolute Gasteiger partial charge is 0.238 e. The van der Waals surface area contributed by atoms with E-state index in [1.54, 1.807) is 28.0 Å². The summed E-state index contributed by atoms with van der Waals surface area (Å²) in [6.45, 7) is 1.83. The number of aromatic nitrogens is 7. The Hall–Kier alpha value is -4.13. The van der Waals surface area contributed by atoms with E-state index < -0.39 is 6.67 Å². The predicted octanol–water partition coefficient (Wildman–Crippen LogP) is 3.44. The lowest BCUT2D eigenvalue weighted by molar-refractivity contribution is -0.117. The average molecular weight is 522 g/mol. The Bertz CT molecular complexity index is 1430. The molecule has 4 aromatic rings. The molecule has 1 aliphatic rings. The Morgan fingerprint density at radius 3 is 2.68 bits per heavy atom. The molecule has 0 saturated heterocycles. The van der Waals surface area contributed by atoms with E-state index in [-0.39, 0.29) is 25.0 Å². The van der Waals surface area contributed by atoms with Crippen molar-refractivity contribution in [2.75, 3.05) is 35.7 Å². The zero-order valence-corrected chi connectivity index (χ0v) is 21.8. The third kappa shape index (κ3) is 5.72. The number of pyridine rings is 1. The molecule has 13 heteroatoms. The van der Waals surface area contributed by atoms with Crippen molar-refractivity contribution < 1.29 is 9.18 Å². The van der Waals surface area contributed by atoms with Crippen molar-refractivity contribution in [1.29, 1.82) is 0 Å². The van der Waals surface area contributed by atoms with E-state index >= 15 is 0 Å². The van der Waals surface area contributed by atoms with Gasteiger partial charge in [-0.05, 0) is 25.8 Å². The van der Waals surface area contributed by atoms with E-state index in [0.717, 1.165) is 42.5 Å². The second-order valence-electron chi connectivity index (χ2n) is 9.56. The van der Waals surface area contributed by atoms with Crippen LogP contribution in [0.15, 0.2) is 30.9 Å². The maximum atomic E-state index is 13.1. The predicted molar refractivity (Wildman–Crippen MR) is 143 cm³/mol. The number of anilines is 5. The highest BCUT2D eigenvalue weighted by atomic mass is 19.1. The molecule has 0 spiro atoms. The van der Waals surface area contributed by atoms with Crippen molar-refractivity contribution in [3.8, 4) is 0 Å². The molecule has 1 saturated carbocycles. The molecule has 0 aromatic carbocycles. The summed E-state index contributed by atoms with van der Waals surface area (Å²) in [6.07, 6.45) is 11.1. The number of halogens is 1. The maximum absolute atomic E-state index is 13.1. The molecule has 0 aliphatic heterocycles. The number of hydrogen-bond donors (Lipinski definition) is 3. The van der Waals surface area contributed by atoms with Crippen LogP contribution in [-0.2, 0) is 18.9 Å². The van der Waals surface area contributed by atoms with Gasteiger partial charge >= 0.3 is 0 Å². The monoisotopic (exact) mass is 521 g/mol. The molecule has 200 valence electrons. The summed E-state index contributed by atoms with van der Waals surface area (Å²) in [4.78, 5) is 28.2. The summed E-state index contributed by atoms with van der Waals surface area (Å²) in [7, 11) is 3.65. The Balaban J connectivity index is 1.30. The van der Waals surface area contributed by atoms with Gasteiger partial charge < -0.3 is 16.0 Å². The summed E-state index contributed by atoms with van der Waals surface area (Å²) in [5.41, 5.74) is 3.40. The number of rotatable bonds is 10. The lowest BCUT2D eigenvalue weighted by Crippen LogP contribution is -2.40. The van der Waals surface area contributed by atoms with Crippen LogP contribution in [0.25, 0.3) is 11.0 Å². The molecule has 1 amide bonds. The Morgan fingerprint density at radius 1 is 1.13 bits per heavy atom. The first-order chi connectivity index (χ1) is 18.4. The van der Waals surface area contributed by atoms with E-state index in [1.165, 1.54) is 0 Å². The topological polar surface area (TPSA) is 131 Å². The van der Waals surface area contributed by atoms with Crippen LogP contribution in [0.2, 0.25) is 0 Å². The highest BCUT2D eigenvalue weighted by Crippen LogP contribution is 2.28. The number of fused-ring (bicyclic) bond motifs is 1. The number of nitrogens with zero attached hydrogens (tertiary/aromatic N) is 8. The first kappa shape index (κ1) is 25.5. The van der Waals surface area contributed by atoms with E-state index in [4.69, 9.17) is 0 Å². The second kappa shape index (κ2) is 11.1. The largest absolute Gasteiger partial charge is 0.337 e. The molecule has 0 radical (unpaired) electrons. The highest BCUT2D eigenvalue weighted by Gasteiger charge is 2.24. The van der Waals surface area contributed by atoms with Gasteiger partial charge in [0.25, 0.3) is 0 Å². The summed E-state index contributed by atoms with van der Waals surface area (Å²) in [6, 6.07) is 2.08. The molecule has 4 aromatic heterocycles. The van der Waals surface area contributed by atoms with Crippen LogP contribution in [0.4, 0.5) is 33.2 Å². The van der Waals surface area contributed by atoms with Gasteiger partial charge in [0, 0.05) is 39.1 Å². The van der Waals surface area contributed by atoms with Crippen LogP contribution in [0.1, 0.15) is 31.4 Å². The number of amides is 1. The fourth-order valence-corrected chi connectivity index (χ4v) is 4.81. The molecule has 1 fully saturated rings. The Morgan fingerprint density at radius 2 is 1.95 bits per heavy atom. The average Bonchev–Trinajstić information content (AvgIpc) is 3.63. The Labute approximate surface area is 219 Å². The van der Waals surface area contributed by atoms with Crippen LogP contribution in [0, 0.1) is 6.92 Å². The first-order valence-corrected chi connectivity index (χ1v) is 12.7. The number of carbonyl (C=O) groups is 1. The molecule has 1 aliphatic carbocycles. The van der Waals surface area contributed by atoms with E-state index in [0.29, 0.717) is 28.8 Å². The number of aryl methyl sites for hydroxylation is 3. The standard InChI is InChI=1S/C25H32FN11O/c1-16-21(10-17(11-27-16)30-22(38)15-37(9-8-26)19-6-4-5-7-19)32-23-20-13-28-25(33-24(20)36(3)34-23)31-18-12-29-35(2)14-18/h10-14,19H,4-9,15H2,1-3H3,(H,30,38)(H,32,34)(H,28,31,33). The van der Waals surface area contributed by atoms with Crippen molar-refractivity contribution in [2.24, 2.45) is 14.1 Å². The number of alkyl halides is 1. The lowest BCUT2D eigenvalue weighted by atomic mass is 10.2. The van der Waals surface area contributed by atoms with Crippen LogP contribution >= 0.6 is 0 Å². The molecule has 0 atom stereocenters. The third-order valence-electron chi connectivity index (χ3n) is 6.72. The van der Waals surface area contributed by atoms with Crippen LogP contribution in [0.5, 0.6) is 0 Å². The summed E-state index contributed by atoms with van der Waals surface area (Å²) < 4.78 is 16.5. The Kier molecular flexibility index (Phi) is 7.45. The van der Waals surface area contributed by atoms with Crippen LogP contribution in [-0.4, -0.2) is 71.1 Å². The van der Waals surface area contributed by atoms with Gasteiger partial charge in [0.2, 0.25) is 11.9 Å². The number of carbonyl (C=O) groups excluding carboxylic acids is 1. The SMILES string of the molecule is Cc1ncc(NC(=O)CN(CCF)C2CCCC2)cc1Nc1nn(C)c2nc(Nc3cnn(C)c3)ncc12. The minimum Gasteiger partial charge on any atom is -0.337 e.